The van der Waals surface area contributed by atoms with Gasteiger partial charge in [-0.05, 0) is 50.3 Å². The molecule has 1 aliphatic heterocycles. The van der Waals surface area contributed by atoms with Gasteiger partial charge in [0.25, 0.3) is 0 Å². The Balaban J connectivity index is 1.37. The van der Waals surface area contributed by atoms with Crippen LogP contribution in [0.3, 0.4) is 0 Å². The highest BCUT2D eigenvalue weighted by Gasteiger charge is 2.25. The molecule has 1 aromatic heterocycles. The number of amides is 2. The molecule has 1 aromatic carbocycles. The van der Waals surface area contributed by atoms with Gasteiger partial charge >= 0.3 is 6.03 Å². The van der Waals surface area contributed by atoms with Crippen LogP contribution < -0.4 is 11.1 Å². The number of hydrogen-bond acceptors (Lipinski definition) is 3. The lowest BCUT2D eigenvalue weighted by molar-refractivity contribution is 0.157. The highest BCUT2D eigenvalue weighted by molar-refractivity contribution is 6.05. The summed E-state index contributed by atoms with van der Waals surface area (Å²) in [4.78, 5) is 23.3. The number of aliphatic imine (C=N–C) groups is 1. The monoisotopic (exact) mass is 393 g/mol. The summed E-state index contributed by atoms with van der Waals surface area (Å²) >= 11 is 0. The van der Waals surface area contributed by atoms with E-state index < -0.39 is 6.03 Å². The van der Waals surface area contributed by atoms with E-state index in [2.05, 4.69) is 20.2 Å². The van der Waals surface area contributed by atoms with Gasteiger partial charge in [0, 0.05) is 42.2 Å². The molecule has 2 heterocycles. The zero-order chi connectivity index (χ0) is 20.1. The number of nitrogens with one attached hydrogen (secondary N) is 1. The number of nitrogens with two attached hydrogens (primary N) is 1. The van der Waals surface area contributed by atoms with Gasteiger partial charge < -0.3 is 16.0 Å². The molecule has 6 nitrogen and oxygen atoms in total. The van der Waals surface area contributed by atoms with Crippen LogP contribution in [0.5, 0.6) is 0 Å². The minimum absolute atomic E-state index is 0.162. The van der Waals surface area contributed by atoms with Crippen molar-refractivity contribution >= 4 is 28.3 Å². The lowest BCUT2D eigenvalue weighted by Crippen LogP contribution is -2.43. The van der Waals surface area contributed by atoms with Gasteiger partial charge in [-0.15, -0.1) is 0 Å². The third-order valence-electron chi connectivity index (χ3n) is 6.32. The highest BCUT2D eigenvalue weighted by atomic mass is 16.2. The maximum Gasteiger partial charge on any atom is 0.347 e. The van der Waals surface area contributed by atoms with E-state index in [1.54, 1.807) is 12.4 Å². The molecule has 6 heteroatoms. The fourth-order valence-electron chi connectivity index (χ4n) is 4.78. The summed E-state index contributed by atoms with van der Waals surface area (Å²) < 4.78 is 0. The van der Waals surface area contributed by atoms with Crippen LogP contribution in [0.15, 0.2) is 41.7 Å². The van der Waals surface area contributed by atoms with Gasteiger partial charge in [0.1, 0.15) is 5.84 Å². The van der Waals surface area contributed by atoms with Crippen LogP contribution in [0.25, 0.3) is 10.8 Å². The summed E-state index contributed by atoms with van der Waals surface area (Å²) in [5.41, 5.74) is 6.99. The zero-order valence-corrected chi connectivity index (χ0v) is 17.0. The van der Waals surface area contributed by atoms with Crippen LogP contribution in [0.4, 0.5) is 10.5 Å². The molecule has 2 fully saturated rings. The zero-order valence-electron chi connectivity index (χ0n) is 17.0. The summed E-state index contributed by atoms with van der Waals surface area (Å²) in [7, 11) is 0. The number of nitrogens with zero attached hydrogens (tertiary/aromatic N) is 3. The summed E-state index contributed by atoms with van der Waals surface area (Å²) in [6.45, 7) is 3.22. The number of piperidine rings is 1. The van der Waals surface area contributed by atoms with Gasteiger partial charge in [-0.2, -0.15) is 4.99 Å². The first kappa shape index (κ1) is 19.8. The molecule has 0 spiro atoms. The number of hydrogen-bond donors (Lipinski definition) is 2. The van der Waals surface area contributed by atoms with Crippen molar-refractivity contribution in [3.8, 4) is 0 Å². The van der Waals surface area contributed by atoms with Crippen LogP contribution in [-0.4, -0.2) is 41.4 Å². The Morgan fingerprint density at radius 3 is 2.90 bits per heavy atom. The average molecular weight is 394 g/mol. The van der Waals surface area contributed by atoms with E-state index in [-0.39, 0.29) is 5.92 Å². The van der Waals surface area contributed by atoms with Crippen molar-refractivity contribution in [2.45, 2.75) is 44.9 Å². The maximum absolute atomic E-state index is 12.5. The van der Waals surface area contributed by atoms with E-state index in [1.807, 2.05) is 24.3 Å². The molecule has 1 saturated heterocycles. The van der Waals surface area contributed by atoms with Crippen molar-refractivity contribution in [1.29, 1.82) is 0 Å². The maximum atomic E-state index is 12.5. The average Bonchev–Trinajstić information content (AvgIpc) is 2.75. The third kappa shape index (κ3) is 5.12. The van der Waals surface area contributed by atoms with Crippen molar-refractivity contribution in [2.75, 3.05) is 25.0 Å². The molecule has 2 amide bonds. The summed E-state index contributed by atoms with van der Waals surface area (Å²) in [5, 5.41) is 4.81. The van der Waals surface area contributed by atoms with Crippen LogP contribution in [0.2, 0.25) is 0 Å². The molecule has 0 bridgehead atoms. The van der Waals surface area contributed by atoms with E-state index in [0.717, 1.165) is 48.3 Å². The Hall–Kier alpha value is -2.47. The molecule has 154 valence electrons. The Bertz CT molecular complexity index is 869. The van der Waals surface area contributed by atoms with Crippen LogP contribution >= 0.6 is 0 Å². The van der Waals surface area contributed by atoms with Crippen molar-refractivity contribution in [3.05, 3.63) is 36.7 Å². The largest absolute Gasteiger partial charge is 0.387 e. The number of carbonyl (C=O) groups is 1. The van der Waals surface area contributed by atoms with E-state index in [1.165, 1.54) is 38.6 Å². The van der Waals surface area contributed by atoms with Crippen molar-refractivity contribution in [2.24, 2.45) is 22.6 Å². The summed E-state index contributed by atoms with van der Waals surface area (Å²) in [5.74, 6) is 1.44. The molecule has 2 aliphatic rings. The topological polar surface area (TPSA) is 83.6 Å². The molecule has 29 heavy (non-hydrogen) atoms. The fourth-order valence-corrected chi connectivity index (χ4v) is 4.78. The van der Waals surface area contributed by atoms with E-state index in [9.17, 15) is 4.79 Å². The van der Waals surface area contributed by atoms with Crippen molar-refractivity contribution in [1.82, 2.24) is 9.88 Å². The van der Waals surface area contributed by atoms with Gasteiger partial charge in [0.2, 0.25) is 0 Å². The fraction of sp³-hybridized carbons (Fsp3) is 0.522. The number of rotatable bonds is 4. The predicted molar refractivity (Wildman–Crippen MR) is 118 cm³/mol. The molecule has 0 radical (unpaired) electrons. The van der Waals surface area contributed by atoms with E-state index in [0.29, 0.717) is 5.84 Å². The molecule has 1 saturated carbocycles. The minimum atomic E-state index is -0.406. The van der Waals surface area contributed by atoms with Crippen LogP contribution in [0, 0.1) is 11.8 Å². The van der Waals surface area contributed by atoms with Crippen LogP contribution in [0.1, 0.15) is 44.9 Å². The van der Waals surface area contributed by atoms with Gasteiger partial charge in [0.05, 0.1) is 5.69 Å². The molecular formula is C23H31N5O. The number of carbonyl (C=O) groups excluding carboxylic acids is 1. The van der Waals surface area contributed by atoms with E-state index >= 15 is 0 Å². The minimum Gasteiger partial charge on any atom is -0.387 e. The third-order valence-corrected chi connectivity index (χ3v) is 6.32. The van der Waals surface area contributed by atoms with Gasteiger partial charge in [-0.3, -0.25) is 4.98 Å². The second-order valence-electron chi connectivity index (χ2n) is 8.47. The molecule has 1 atom stereocenters. The number of urea groups is 1. The number of pyridine rings is 1. The van der Waals surface area contributed by atoms with Gasteiger partial charge in [-0.1, -0.05) is 31.4 Å². The van der Waals surface area contributed by atoms with Crippen molar-refractivity contribution < 1.29 is 4.79 Å². The molecule has 2 aromatic rings. The lowest BCUT2D eigenvalue weighted by Gasteiger charge is -2.35. The normalized spacial score (nSPS) is 21.9. The molecule has 3 N–H and O–H groups in total. The number of benzene rings is 1. The Morgan fingerprint density at radius 2 is 2.03 bits per heavy atom. The Kier molecular flexibility index (Phi) is 6.39. The quantitative estimate of drug-likeness (QED) is 0.595. The molecule has 1 aliphatic carbocycles. The SMILES string of the molecule is N/C(=N\C(=O)Nc1cccc2cnccc12)C1CCCN(CC2CCCCC2)C1. The predicted octanol–water partition coefficient (Wildman–Crippen LogP) is 4.42. The standard InChI is InChI=1S/C23H31N5O/c24-22(19-9-5-13-28(16-19)15-17-6-2-1-3-7-17)27-23(29)26-21-10-4-8-18-14-25-12-11-20(18)21/h4,8,10-12,14,17,19H,1-3,5-7,9,13,15-16H2,(H3,24,26,27,29). The van der Waals surface area contributed by atoms with Crippen molar-refractivity contribution in [3.63, 3.8) is 0 Å². The first-order valence-electron chi connectivity index (χ1n) is 10.9. The smallest absolute Gasteiger partial charge is 0.347 e. The number of anilines is 1. The molecular weight excluding hydrogens is 362 g/mol. The first-order valence-corrected chi connectivity index (χ1v) is 10.9. The van der Waals surface area contributed by atoms with Gasteiger partial charge in [-0.25, -0.2) is 4.79 Å². The van der Waals surface area contributed by atoms with Gasteiger partial charge in [0.15, 0.2) is 0 Å². The second kappa shape index (κ2) is 9.35. The lowest BCUT2D eigenvalue weighted by atomic mass is 9.88. The number of amidine groups is 1. The number of likely N-dealkylation sites (tertiary alicyclic amines) is 1. The summed E-state index contributed by atoms with van der Waals surface area (Å²) in [6, 6.07) is 7.23. The van der Waals surface area contributed by atoms with Crippen LogP contribution in [-0.2, 0) is 0 Å². The highest BCUT2D eigenvalue weighted by Crippen LogP contribution is 2.27. The van der Waals surface area contributed by atoms with E-state index in [4.69, 9.17) is 5.73 Å². The summed E-state index contributed by atoms with van der Waals surface area (Å²) in [6.07, 6.45) is 12.5. The Morgan fingerprint density at radius 1 is 1.17 bits per heavy atom. The number of aromatic nitrogens is 1. The second-order valence-corrected chi connectivity index (χ2v) is 8.47. The molecule has 4 rings (SSSR count). The first-order chi connectivity index (χ1) is 14.2. The Labute approximate surface area is 172 Å². The molecule has 1 unspecified atom stereocenters. The number of fused-ring (bicyclic) bond motifs is 1.